The van der Waals surface area contributed by atoms with Crippen LogP contribution in [-0.2, 0) is 6.42 Å². The quantitative estimate of drug-likeness (QED) is 0.862. The van der Waals surface area contributed by atoms with Crippen LogP contribution >= 0.6 is 15.9 Å². The smallest absolute Gasteiger partial charge is 0.0410 e. The summed E-state index contributed by atoms with van der Waals surface area (Å²) < 4.78 is 1.05. The van der Waals surface area contributed by atoms with E-state index in [1.54, 1.807) is 0 Å². The van der Waals surface area contributed by atoms with Crippen LogP contribution in [0.5, 0.6) is 0 Å². The molecule has 0 aliphatic rings. The Kier molecular flexibility index (Phi) is 5.88. The molecule has 3 heteroatoms. The molecule has 1 aromatic heterocycles. The molecule has 1 unspecified atom stereocenters. The van der Waals surface area contributed by atoms with Crippen molar-refractivity contribution in [3.8, 4) is 0 Å². The largest absolute Gasteiger partial charge is 0.328 e. The van der Waals surface area contributed by atoms with Gasteiger partial charge in [-0.05, 0) is 53.2 Å². The molecule has 1 heterocycles. The lowest BCUT2D eigenvalue weighted by molar-refractivity contribution is 0.539. The van der Waals surface area contributed by atoms with Crippen LogP contribution in [0.3, 0.4) is 0 Å². The van der Waals surface area contributed by atoms with E-state index >= 15 is 0 Å². The lowest BCUT2D eigenvalue weighted by Crippen LogP contribution is -2.19. The molecule has 2 nitrogen and oxygen atoms in total. The minimum Gasteiger partial charge on any atom is -0.328 e. The van der Waals surface area contributed by atoms with E-state index in [0.29, 0.717) is 6.04 Å². The molecule has 0 aliphatic carbocycles. The number of nitrogens with two attached hydrogens (primary N) is 1. The minimum absolute atomic E-state index is 0.370. The Morgan fingerprint density at radius 3 is 2.87 bits per heavy atom. The molecular formula is C12H19BrN2. The molecule has 0 bridgehead atoms. The zero-order valence-electron chi connectivity index (χ0n) is 9.25. The highest BCUT2D eigenvalue weighted by Crippen LogP contribution is 2.12. The van der Waals surface area contributed by atoms with E-state index in [9.17, 15) is 0 Å². The Balaban J connectivity index is 2.25. The van der Waals surface area contributed by atoms with Crippen LogP contribution in [0.15, 0.2) is 22.9 Å². The topological polar surface area (TPSA) is 38.9 Å². The number of pyridine rings is 1. The lowest BCUT2D eigenvalue weighted by atomic mass is 10.0. The highest BCUT2D eigenvalue weighted by molar-refractivity contribution is 9.10. The molecule has 2 N–H and O–H groups in total. The number of hydrogen-bond acceptors (Lipinski definition) is 2. The average molecular weight is 271 g/mol. The van der Waals surface area contributed by atoms with Crippen molar-refractivity contribution in [2.75, 3.05) is 0 Å². The van der Waals surface area contributed by atoms with Crippen LogP contribution in [0.1, 0.15) is 38.2 Å². The molecule has 0 radical (unpaired) electrons. The number of aryl methyl sites for hydroxylation is 1. The molecule has 0 fully saturated rings. The molecule has 15 heavy (non-hydrogen) atoms. The first-order valence-electron chi connectivity index (χ1n) is 5.57. The van der Waals surface area contributed by atoms with Crippen molar-refractivity contribution in [2.45, 2.75) is 45.1 Å². The van der Waals surface area contributed by atoms with E-state index in [2.05, 4.69) is 33.9 Å². The van der Waals surface area contributed by atoms with Crippen molar-refractivity contribution in [1.82, 2.24) is 4.98 Å². The first-order chi connectivity index (χ1) is 7.22. The predicted octanol–water partition coefficient (Wildman–Crippen LogP) is 3.29. The number of aromatic nitrogens is 1. The summed E-state index contributed by atoms with van der Waals surface area (Å²) in [6.07, 6.45) is 9.39. The summed E-state index contributed by atoms with van der Waals surface area (Å²) in [5.41, 5.74) is 7.24. The summed E-state index contributed by atoms with van der Waals surface area (Å²) in [4.78, 5) is 4.14. The second kappa shape index (κ2) is 6.96. The maximum atomic E-state index is 5.95. The van der Waals surface area contributed by atoms with Gasteiger partial charge in [-0.25, -0.2) is 0 Å². The maximum Gasteiger partial charge on any atom is 0.0410 e. The van der Waals surface area contributed by atoms with Gasteiger partial charge >= 0.3 is 0 Å². The van der Waals surface area contributed by atoms with Crippen molar-refractivity contribution in [3.05, 3.63) is 28.5 Å². The Morgan fingerprint density at radius 1 is 1.40 bits per heavy atom. The van der Waals surface area contributed by atoms with Gasteiger partial charge in [0.1, 0.15) is 0 Å². The second-order valence-electron chi connectivity index (χ2n) is 3.95. The Bertz CT molecular complexity index is 289. The Morgan fingerprint density at radius 2 is 2.20 bits per heavy atom. The maximum absolute atomic E-state index is 5.95. The van der Waals surface area contributed by atoms with Crippen molar-refractivity contribution in [1.29, 1.82) is 0 Å². The van der Waals surface area contributed by atoms with E-state index in [1.807, 2.05) is 12.4 Å². The lowest BCUT2D eigenvalue weighted by Gasteiger charge is -2.09. The third kappa shape index (κ3) is 5.28. The number of nitrogens with zero attached hydrogens (tertiary/aromatic N) is 1. The molecule has 0 amide bonds. The summed E-state index contributed by atoms with van der Waals surface area (Å²) in [7, 11) is 0. The van der Waals surface area contributed by atoms with Crippen molar-refractivity contribution in [2.24, 2.45) is 5.73 Å². The van der Waals surface area contributed by atoms with Crippen LogP contribution in [0.4, 0.5) is 0 Å². The van der Waals surface area contributed by atoms with Crippen LogP contribution < -0.4 is 5.73 Å². The molecular weight excluding hydrogens is 252 g/mol. The molecule has 0 aromatic carbocycles. The molecule has 0 saturated heterocycles. The van der Waals surface area contributed by atoms with Crippen LogP contribution in [0, 0.1) is 0 Å². The Labute approximate surface area is 100 Å². The van der Waals surface area contributed by atoms with Crippen molar-refractivity contribution in [3.63, 3.8) is 0 Å². The number of hydrogen-bond donors (Lipinski definition) is 1. The van der Waals surface area contributed by atoms with Gasteiger partial charge in [0.15, 0.2) is 0 Å². The van der Waals surface area contributed by atoms with E-state index < -0.39 is 0 Å². The average Bonchev–Trinajstić information content (AvgIpc) is 2.18. The third-order valence-electron chi connectivity index (χ3n) is 2.46. The first kappa shape index (κ1) is 12.7. The van der Waals surface area contributed by atoms with Gasteiger partial charge in [0.2, 0.25) is 0 Å². The molecule has 1 rings (SSSR count). The summed E-state index contributed by atoms with van der Waals surface area (Å²) in [5.74, 6) is 0. The summed E-state index contributed by atoms with van der Waals surface area (Å²) >= 11 is 3.42. The monoisotopic (exact) mass is 270 g/mol. The van der Waals surface area contributed by atoms with E-state index in [0.717, 1.165) is 30.2 Å². The van der Waals surface area contributed by atoms with Gasteiger partial charge < -0.3 is 5.73 Å². The standard InChI is InChI=1S/C12H19BrN2/c1-2-4-12(14)6-3-5-10-7-11(13)9-15-8-10/h7-9,12H,2-6,14H2,1H3. The fourth-order valence-electron chi connectivity index (χ4n) is 1.68. The van der Waals surface area contributed by atoms with Gasteiger partial charge in [-0.1, -0.05) is 13.3 Å². The highest BCUT2D eigenvalue weighted by Gasteiger charge is 2.01. The minimum atomic E-state index is 0.370. The highest BCUT2D eigenvalue weighted by atomic mass is 79.9. The van der Waals surface area contributed by atoms with E-state index in [4.69, 9.17) is 5.73 Å². The summed E-state index contributed by atoms with van der Waals surface area (Å²) in [6, 6.07) is 2.49. The van der Waals surface area contributed by atoms with Crippen LogP contribution in [-0.4, -0.2) is 11.0 Å². The molecule has 0 aliphatic heterocycles. The summed E-state index contributed by atoms with van der Waals surface area (Å²) in [5, 5.41) is 0. The number of halogens is 1. The van der Waals surface area contributed by atoms with Crippen molar-refractivity contribution >= 4 is 15.9 Å². The summed E-state index contributed by atoms with van der Waals surface area (Å²) in [6.45, 7) is 2.18. The van der Waals surface area contributed by atoms with Gasteiger partial charge in [0.05, 0.1) is 0 Å². The number of rotatable bonds is 6. The van der Waals surface area contributed by atoms with Gasteiger partial charge in [-0.2, -0.15) is 0 Å². The van der Waals surface area contributed by atoms with Gasteiger partial charge in [0, 0.05) is 22.9 Å². The molecule has 0 saturated carbocycles. The normalized spacial score (nSPS) is 12.7. The predicted molar refractivity (Wildman–Crippen MR) is 67.8 cm³/mol. The molecule has 1 aromatic rings. The molecule has 1 atom stereocenters. The molecule has 84 valence electrons. The SMILES string of the molecule is CCCC(N)CCCc1cncc(Br)c1. The van der Waals surface area contributed by atoms with Gasteiger partial charge in [-0.15, -0.1) is 0 Å². The first-order valence-corrected chi connectivity index (χ1v) is 6.36. The molecule has 0 spiro atoms. The zero-order valence-corrected chi connectivity index (χ0v) is 10.8. The van der Waals surface area contributed by atoms with Crippen LogP contribution in [0.2, 0.25) is 0 Å². The zero-order chi connectivity index (χ0) is 11.1. The van der Waals surface area contributed by atoms with Crippen molar-refractivity contribution < 1.29 is 0 Å². The fraction of sp³-hybridized carbons (Fsp3) is 0.583. The Hall–Kier alpha value is -0.410. The van der Waals surface area contributed by atoms with Crippen LogP contribution in [0.25, 0.3) is 0 Å². The van der Waals surface area contributed by atoms with Gasteiger partial charge in [-0.3, -0.25) is 4.98 Å². The van der Waals surface area contributed by atoms with E-state index in [-0.39, 0.29) is 0 Å². The van der Waals surface area contributed by atoms with E-state index in [1.165, 1.54) is 12.0 Å². The van der Waals surface area contributed by atoms with Gasteiger partial charge in [0.25, 0.3) is 0 Å². The second-order valence-corrected chi connectivity index (χ2v) is 4.87. The third-order valence-corrected chi connectivity index (χ3v) is 2.90. The fourth-order valence-corrected chi connectivity index (χ4v) is 2.09.